The zero-order valence-corrected chi connectivity index (χ0v) is 13.9. The van der Waals surface area contributed by atoms with E-state index in [1.54, 1.807) is 23.1 Å². The maximum atomic E-state index is 12.0. The molecule has 1 aromatic heterocycles. The van der Waals surface area contributed by atoms with Crippen molar-refractivity contribution in [1.29, 1.82) is 0 Å². The number of hydrogen-bond donors (Lipinski definition) is 1. The van der Waals surface area contributed by atoms with Gasteiger partial charge in [-0.1, -0.05) is 12.1 Å². The number of carbonyl (C=O) groups is 1. The fraction of sp³-hybridized carbons (Fsp3) is 0.467. The Hall–Kier alpha value is -1.07. The van der Waals surface area contributed by atoms with Crippen molar-refractivity contribution < 1.29 is 4.79 Å². The van der Waals surface area contributed by atoms with E-state index in [0.717, 1.165) is 16.3 Å². The summed E-state index contributed by atoms with van der Waals surface area (Å²) >= 11 is 3.33. The third-order valence-electron chi connectivity index (χ3n) is 2.66. The quantitative estimate of drug-likeness (QED) is 0.933. The number of nitrogens with one attached hydrogen (secondary N) is 1. The lowest BCUT2D eigenvalue weighted by atomic mass is 10.1. The molecule has 1 amide bonds. The van der Waals surface area contributed by atoms with Crippen molar-refractivity contribution >= 4 is 39.2 Å². The minimum absolute atomic E-state index is 0.0683. The highest BCUT2D eigenvalue weighted by molar-refractivity contribution is 7.99. The van der Waals surface area contributed by atoms with Crippen LogP contribution in [0, 0.1) is 0 Å². The van der Waals surface area contributed by atoms with Crippen LogP contribution in [0.25, 0.3) is 10.2 Å². The van der Waals surface area contributed by atoms with E-state index in [9.17, 15) is 4.79 Å². The van der Waals surface area contributed by atoms with Crippen LogP contribution in [0.15, 0.2) is 24.3 Å². The van der Waals surface area contributed by atoms with E-state index >= 15 is 0 Å². The Bertz CT molecular complexity index is 568. The molecule has 5 heteroatoms. The predicted molar refractivity (Wildman–Crippen MR) is 88.3 cm³/mol. The zero-order chi connectivity index (χ0) is 14.8. The van der Waals surface area contributed by atoms with Gasteiger partial charge in [0.1, 0.15) is 5.01 Å². The Morgan fingerprint density at radius 1 is 1.40 bits per heavy atom. The van der Waals surface area contributed by atoms with Gasteiger partial charge in [0.2, 0.25) is 5.91 Å². The summed E-state index contributed by atoms with van der Waals surface area (Å²) in [6.45, 7) is 7.93. The van der Waals surface area contributed by atoms with Crippen LogP contribution in [0.2, 0.25) is 0 Å². The number of hydrogen-bond acceptors (Lipinski definition) is 4. The van der Waals surface area contributed by atoms with Crippen LogP contribution in [0.3, 0.4) is 0 Å². The van der Waals surface area contributed by atoms with Crippen molar-refractivity contribution in [1.82, 2.24) is 10.3 Å². The number of carbonyl (C=O) groups excluding carboxylic acids is 1. The molecule has 2 rings (SSSR count). The molecule has 1 N–H and O–H groups in total. The van der Waals surface area contributed by atoms with Crippen molar-refractivity contribution in [2.24, 2.45) is 0 Å². The van der Waals surface area contributed by atoms with E-state index in [-0.39, 0.29) is 16.7 Å². The molecular formula is C15H20N2OS2. The van der Waals surface area contributed by atoms with Gasteiger partial charge in [-0.05, 0) is 39.8 Å². The number of rotatable bonds is 4. The molecule has 0 spiro atoms. The van der Waals surface area contributed by atoms with Gasteiger partial charge in [0, 0.05) is 11.3 Å². The summed E-state index contributed by atoms with van der Waals surface area (Å²) in [5.41, 5.74) is 0.863. The molecule has 2 aromatic rings. The van der Waals surface area contributed by atoms with Crippen LogP contribution in [0.4, 0.5) is 0 Å². The van der Waals surface area contributed by atoms with Crippen LogP contribution in [0.5, 0.6) is 0 Å². The Kier molecular flexibility index (Phi) is 4.70. The Morgan fingerprint density at radius 2 is 2.10 bits per heavy atom. The number of thiazole rings is 1. The van der Waals surface area contributed by atoms with Crippen molar-refractivity contribution in [2.75, 3.05) is 0 Å². The zero-order valence-electron chi connectivity index (χ0n) is 12.3. The van der Waals surface area contributed by atoms with Gasteiger partial charge in [-0.2, -0.15) is 0 Å². The number of para-hydroxylation sites is 1. The van der Waals surface area contributed by atoms with Gasteiger partial charge in [0.15, 0.2) is 0 Å². The predicted octanol–water partition coefficient (Wildman–Crippen LogP) is 3.83. The molecule has 0 radical (unpaired) electrons. The van der Waals surface area contributed by atoms with Crippen molar-refractivity contribution in [2.45, 2.75) is 44.2 Å². The van der Waals surface area contributed by atoms with E-state index in [4.69, 9.17) is 0 Å². The molecule has 20 heavy (non-hydrogen) atoms. The number of benzene rings is 1. The lowest BCUT2D eigenvalue weighted by molar-refractivity contribution is -0.121. The summed E-state index contributed by atoms with van der Waals surface area (Å²) in [6, 6.07) is 8.13. The molecule has 1 heterocycles. The molecule has 0 fully saturated rings. The lowest BCUT2D eigenvalue weighted by Gasteiger charge is -2.22. The Labute approximate surface area is 128 Å². The van der Waals surface area contributed by atoms with Gasteiger partial charge in [0.25, 0.3) is 0 Å². The third kappa shape index (κ3) is 4.21. The van der Waals surface area contributed by atoms with Gasteiger partial charge in [-0.3, -0.25) is 4.79 Å². The van der Waals surface area contributed by atoms with Crippen LogP contribution in [-0.4, -0.2) is 21.7 Å². The van der Waals surface area contributed by atoms with Crippen molar-refractivity contribution in [3.05, 3.63) is 29.3 Å². The average molecular weight is 308 g/mol. The first-order valence-electron chi connectivity index (χ1n) is 6.63. The molecule has 0 saturated heterocycles. The van der Waals surface area contributed by atoms with Gasteiger partial charge in [0.05, 0.1) is 15.5 Å². The highest BCUT2D eigenvalue weighted by atomic mass is 32.2. The van der Waals surface area contributed by atoms with Gasteiger partial charge < -0.3 is 5.32 Å². The molecule has 0 bridgehead atoms. The maximum Gasteiger partial charge on any atom is 0.233 e. The van der Waals surface area contributed by atoms with Crippen LogP contribution in [0.1, 0.15) is 32.7 Å². The molecule has 0 aliphatic rings. The Morgan fingerprint density at radius 3 is 2.75 bits per heavy atom. The highest BCUT2D eigenvalue weighted by Crippen LogP contribution is 2.26. The van der Waals surface area contributed by atoms with Crippen molar-refractivity contribution in [3.63, 3.8) is 0 Å². The first kappa shape index (κ1) is 15.3. The Balaban J connectivity index is 1.93. The minimum atomic E-state index is -0.179. The fourth-order valence-electron chi connectivity index (χ4n) is 1.72. The number of thioether (sulfide) groups is 1. The van der Waals surface area contributed by atoms with Crippen LogP contribution in [-0.2, 0) is 10.5 Å². The normalized spacial score (nSPS) is 13.4. The van der Waals surface area contributed by atoms with E-state index in [2.05, 4.69) is 16.4 Å². The van der Waals surface area contributed by atoms with Crippen LogP contribution >= 0.6 is 23.1 Å². The molecule has 0 aliphatic heterocycles. The van der Waals surface area contributed by atoms with Crippen molar-refractivity contribution in [3.8, 4) is 0 Å². The summed E-state index contributed by atoms with van der Waals surface area (Å²) in [6.07, 6.45) is 0. The molecule has 0 saturated carbocycles. The average Bonchev–Trinajstić information content (AvgIpc) is 2.76. The summed E-state index contributed by atoms with van der Waals surface area (Å²) in [5, 5.41) is 4.01. The second-order valence-electron chi connectivity index (χ2n) is 5.77. The molecule has 1 aromatic carbocycles. The maximum absolute atomic E-state index is 12.0. The molecular weight excluding hydrogens is 288 g/mol. The minimum Gasteiger partial charge on any atom is -0.351 e. The second kappa shape index (κ2) is 6.14. The largest absolute Gasteiger partial charge is 0.351 e. The molecule has 0 aliphatic carbocycles. The van der Waals surface area contributed by atoms with Gasteiger partial charge >= 0.3 is 0 Å². The summed E-state index contributed by atoms with van der Waals surface area (Å²) < 4.78 is 1.20. The van der Waals surface area contributed by atoms with Gasteiger partial charge in [-0.25, -0.2) is 4.98 Å². The van der Waals surface area contributed by atoms with Crippen LogP contribution < -0.4 is 5.32 Å². The summed E-state index contributed by atoms with van der Waals surface area (Å²) in [7, 11) is 0. The topological polar surface area (TPSA) is 42.0 Å². The number of nitrogens with zero attached hydrogens (tertiary/aromatic N) is 1. The smallest absolute Gasteiger partial charge is 0.233 e. The summed E-state index contributed by atoms with van der Waals surface area (Å²) in [4.78, 5) is 16.6. The molecule has 108 valence electrons. The first-order valence-corrected chi connectivity index (χ1v) is 8.50. The van der Waals surface area contributed by atoms with Gasteiger partial charge in [-0.15, -0.1) is 23.1 Å². The molecule has 3 nitrogen and oxygen atoms in total. The third-order valence-corrected chi connectivity index (χ3v) is 5.04. The highest BCUT2D eigenvalue weighted by Gasteiger charge is 2.19. The van der Waals surface area contributed by atoms with E-state index < -0.39 is 0 Å². The van der Waals surface area contributed by atoms with E-state index in [1.807, 2.05) is 45.9 Å². The molecule has 1 unspecified atom stereocenters. The first-order chi connectivity index (χ1) is 9.35. The number of aromatic nitrogens is 1. The van der Waals surface area contributed by atoms with E-state index in [1.165, 1.54) is 4.70 Å². The van der Waals surface area contributed by atoms with E-state index in [0.29, 0.717) is 0 Å². The monoisotopic (exact) mass is 308 g/mol. The summed E-state index contributed by atoms with van der Waals surface area (Å²) in [5.74, 6) is 0.863. The standard InChI is InChI=1S/C15H20N2OS2/c1-10(14(18)17-15(2,3)4)19-9-13-16-11-7-5-6-8-12(11)20-13/h5-8,10H,9H2,1-4H3,(H,17,18). The number of amides is 1. The molecule has 1 atom stereocenters. The fourth-order valence-corrected chi connectivity index (χ4v) is 3.59. The number of fused-ring (bicyclic) bond motifs is 1. The second-order valence-corrected chi connectivity index (χ2v) is 8.21. The lowest BCUT2D eigenvalue weighted by Crippen LogP contribution is -2.44. The SMILES string of the molecule is CC(SCc1nc2ccccc2s1)C(=O)NC(C)(C)C.